The normalized spacial score (nSPS) is 20.0. The second kappa shape index (κ2) is 7.19. The Kier molecular flexibility index (Phi) is 5.13. The molecule has 0 fully saturated rings. The Balaban J connectivity index is 2.21. The lowest BCUT2D eigenvalue weighted by molar-refractivity contribution is -0.142. The van der Waals surface area contributed by atoms with Gasteiger partial charge in [-0.3, -0.25) is 39.4 Å². The first-order valence-electron chi connectivity index (χ1n) is 9.86. The van der Waals surface area contributed by atoms with Gasteiger partial charge in [0, 0.05) is 0 Å². The average Bonchev–Trinajstić information content (AvgIpc) is 2.95. The van der Waals surface area contributed by atoms with E-state index in [-0.39, 0.29) is 37.1 Å². The number of nitrogens with one attached hydrogen (secondary N) is 2. The summed E-state index contributed by atoms with van der Waals surface area (Å²) in [5.41, 5.74) is -4.77. The summed E-state index contributed by atoms with van der Waals surface area (Å²) in [6.45, 7) is 6.52. The molecule has 0 spiro atoms. The lowest BCUT2D eigenvalue weighted by Crippen LogP contribution is -2.52. The molecule has 10 heteroatoms. The van der Waals surface area contributed by atoms with Crippen LogP contribution in [0.1, 0.15) is 95.3 Å². The van der Waals surface area contributed by atoms with Crippen LogP contribution in [0.3, 0.4) is 0 Å². The van der Waals surface area contributed by atoms with Gasteiger partial charge in [0.25, 0.3) is 11.8 Å². The van der Waals surface area contributed by atoms with Crippen molar-refractivity contribution in [2.24, 2.45) is 10.8 Å². The van der Waals surface area contributed by atoms with Crippen LogP contribution in [0, 0.1) is 10.8 Å². The van der Waals surface area contributed by atoms with Crippen molar-refractivity contribution in [1.29, 1.82) is 0 Å². The highest BCUT2D eigenvalue weighted by atomic mass is 16.2. The van der Waals surface area contributed by atoms with Gasteiger partial charge < -0.3 is 0 Å². The summed E-state index contributed by atoms with van der Waals surface area (Å²) in [7, 11) is 0. The molecule has 0 radical (unpaired) electrons. The zero-order valence-corrected chi connectivity index (χ0v) is 17.2. The van der Waals surface area contributed by atoms with Crippen LogP contribution in [0.15, 0.2) is 0 Å². The smallest absolute Gasteiger partial charge is 0.278 e. The molecule has 0 saturated carbocycles. The number of imide groups is 2. The Labute approximate surface area is 172 Å². The van der Waals surface area contributed by atoms with E-state index in [0.29, 0.717) is 0 Å². The highest BCUT2D eigenvalue weighted by Crippen LogP contribution is 2.41. The predicted molar refractivity (Wildman–Crippen MR) is 102 cm³/mol. The van der Waals surface area contributed by atoms with E-state index in [0.717, 1.165) is 0 Å². The summed E-state index contributed by atoms with van der Waals surface area (Å²) >= 11 is 0. The molecule has 2 heterocycles. The van der Waals surface area contributed by atoms with Crippen molar-refractivity contribution in [2.75, 3.05) is 0 Å². The molecule has 1 aromatic rings. The maximum atomic E-state index is 12.9. The van der Waals surface area contributed by atoms with E-state index in [2.05, 4.69) is 20.6 Å². The van der Waals surface area contributed by atoms with Crippen molar-refractivity contribution in [1.82, 2.24) is 20.6 Å². The molecule has 2 N–H and O–H groups in total. The third-order valence-corrected chi connectivity index (χ3v) is 6.36. The van der Waals surface area contributed by atoms with Gasteiger partial charge in [0.15, 0.2) is 23.0 Å². The monoisotopic (exact) mass is 414 g/mol. The number of carbonyl (C=O) groups excluding carboxylic acids is 6. The first-order valence-corrected chi connectivity index (χ1v) is 9.86. The van der Waals surface area contributed by atoms with Crippen molar-refractivity contribution >= 4 is 35.2 Å². The molecule has 1 aliphatic carbocycles. The number of carbonyl (C=O) groups is 6. The van der Waals surface area contributed by atoms with E-state index in [1.165, 1.54) is 0 Å². The minimum atomic E-state index is -1.64. The number of nitrogens with zero attached hydrogens (tertiary/aromatic N) is 2. The molecule has 0 aromatic carbocycles. The first-order chi connectivity index (χ1) is 14.1. The molecule has 3 rings (SSSR count). The summed E-state index contributed by atoms with van der Waals surface area (Å²) in [4.78, 5) is 84.8. The summed E-state index contributed by atoms with van der Waals surface area (Å²) in [6.07, 6.45) is 0.493. The minimum absolute atomic E-state index is 0.0436. The van der Waals surface area contributed by atoms with Crippen molar-refractivity contribution < 1.29 is 28.8 Å². The van der Waals surface area contributed by atoms with Crippen LogP contribution in [0.25, 0.3) is 0 Å². The Morgan fingerprint density at radius 1 is 0.567 bits per heavy atom. The second-order valence-corrected chi connectivity index (χ2v) is 7.42. The topological polar surface area (TPSA) is 152 Å². The lowest BCUT2D eigenvalue weighted by Gasteiger charge is -2.27. The fourth-order valence-corrected chi connectivity index (χ4v) is 4.08. The van der Waals surface area contributed by atoms with Crippen LogP contribution in [0.4, 0.5) is 0 Å². The number of amides is 4. The maximum absolute atomic E-state index is 12.9. The standard InChI is InChI=1S/C20H22N4O6/c1-5-19(6-2)13(25)9-10(14(19)26)22-12-11(21-9)15(27)23-17(29)20(7-3,8-4)18(30)24-16(12)28/h5-8H2,1-4H3,(H,23,27,29)(H,24,28,30). The van der Waals surface area contributed by atoms with Crippen LogP contribution in [0.5, 0.6) is 0 Å². The van der Waals surface area contributed by atoms with Crippen molar-refractivity contribution in [3.63, 3.8) is 0 Å². The molecule has 0 bridgehead atoms. The fourth-order valence-electron chi connectivity index (χ4n) is 4.08. The van der Waals surface area contributed by atoms with Crippen molar-refractivity contribution in [3.8, 4) is 0 Å². The first kappa shape index (κ1) is 21.4. The zero-order chi connectivity index (χ0) is 22.4. The van der Waals surface area contributed by atoms with Gasteiger partial charge >= 0.3 is 0 Å². The molecule has 1 aliphatic heterocycles. The van der Waals surface area contributed by atoms with Gasteiger partial charge in [-0.15, -0.1) is 0 Å². The Morgan fingerprint density at radius 2 is 0.900 bits per heavy atom. The Bertz CT molecular complexity index is 947. The molecule has 0 unspecified atom stereocenters. The molecular weight excluding hydrogens is 392 g/mol. The largest absolute Gasteiger partial charge is 0.291 e. The van der Waals surface area contributed by atoms with Crippen molar-refractivity contribution in [3.05, 3.63) is 22.8 Å². The fraction of sp³-hybridized carbons (Fsp3) is 0.500. The van der Waals surface area contributed by atoms with Gasteiger partial charge in [0.2, 0.25) is 11.8 Å². The highest BCUT2D eigenvalue weighted by molar-refractivity contribution is 6.29. The number of hydrogen-bond acceptors (Lipinski definition) is 8. The van der Waals surface area contributed by atoms with Gasteiger partial charge in [-0.1, -0.05) is 27.7 Å². The average molecular weight is 414 g/mol. The molecule has 158 valence electrons. The number of aromatic nitrogens is 2. The van der Waals surface area contributed by atoms with Crippen molar-refractivity contribution in [2.45, 2.75) is 53.4 Å². The number of hydrogen-bond donors (Lipinski definition) is 2. The van der Waals surface area contributed by atoms with E-state index < -0.39 is 57.4 Å². The zero-order valence-electron chi connectivity index (χ0n) is 17.2. The van der Waals surface area contributed by atoms with Crippen LogP contribution < -0.4 is 10.6 Å². The number of rotatable bonds is 4. The van der Waals surface area contributed by atoms with E-state index in [4.69, 9.17) is 0 Å². The molecule has 10 nitrogen and oxygen atoms in total. The molecule has 4 amide bonds. The van der Waals surface area contributed by atoms with E-state index in [1.807, 2.05) is 0 Å². The Hall–Kier alpha value is -3.30. The van der Waals surface area contributed by atoms with Gasteiger partial charge in [-0.05, 0) is 25.7 Å². The third kappa shape index (κ3) is 2.62. The third-order valence-electron chi connectivity index (χ3n) is 6.36. The predicted octanol–water partition coefficient (Wildman–Crippen LogP) is 0.995. The molecule has 0 atom stereocenters. The summed E-state index contributed by atoms with van der Waals surface area (Å²) in [5.74, 6) is -5.03. The maximum Gasteiger partial charge on any atom is 0.278 e. The van der Waals surface area contributed by atoms with E-state index >= 15 is 0 Å². The highest BCUT2D eigenvalue weighted by Gasteiger charge is 2.54. The lowest BCUT2D eigenvalue weighted by atomic mass is 9.78. The van der Waals surface area contributed by atoms with Crippen LogP contribution in [-0.4, -0.2) is 45.2 Å². The van der Waals surface area contributed by atoms with Gasteiger partial charge in [0.1, 0.15) is 16.8 Å². The molecule has 0 saturated heterocycles. The van der Waals surface area contributed by atoms with Gasteiger partial charge in [-0.2, -0.15) is 0 Å². The van der Waals surface area contributed by atoms with Gasteiger partial charge in [-0.25, -0.2) is 9.97 Å². The van der Waals surface area contributed by atoms with Crippen LogP contribution in [0.2, 0.25) is 0 Å². The van der Waals surface area contributed by atoms with Crippen LogP contribution in [-0.2, 0) is 9.59 Å². The van der Waals surface area contributed by atoms with E-state index in [1.54, 1.807) is 27.7 Å². The minimum Gasteiger partial charge on any atom is -0.291 e. The summed E-state index contributed by atoms with van der Waals surface area (Å²) < 4.78 is 0. The Morgan fingerprint density at radius 3 is 1.20 bits per heavy atom. The number of Topliss-reactive ketones (excluding diaryl/α,β-unsaturated/α-hetero) is 2. The second-order valence-electron chi connectivity index (χ2n) is 7.42. The quantitative estimate of drug-likeness (QED) is 0.546. The molecule has 2 aliphatic rings. The SMILES string of the molecule is CCC1(CC)C(=O)NC(=O)c2nc3c(nc2C(=O)NC1=O)C(=O)C(CC)(CC)C3=O. The molecular formula is C20H22N4O6. The van der Waals surface area contributed by atoms with E-state index in [9.17, 15) is 28.8 Å². The molecule has 1 aromatic heterocycles. The number of fused-ring (bicyclic) bond motifs is 2. The van der Waals surface area contributed by atoms with Crippen LogP contribution >= 0.6 is 0 Å². The summed E-state index contributed by atoms with van der Waals surface area (Å²) in [6, 6.07) is 0. The van der Waals surface area contributed by atoms with Gasteiger partial charge in [0.05, 0.1) is 5.41 Å². The number of ketones is 2. The molecule has 30 heavy (non-hydrogen) atoms. The summed E-state index contributed by atoms with van der Waals surface area (Å²) in [5, 5.41) is 4.20.